The van der Waals surface area contributed by atoms with E-state index in [0.29, 0.717) is 21.3 Å². The van der Waals surface area contributed by atoms with Gasteiger partial charge in [0.15, 0.2) is 5.41 Å². The zero-order valence-electron chi connectivity index (χ0n) is 25.3. The minimum absolute atomic E-state index is 0.0155. The van der Waals surface area contributed by atoms with Crippen molar-refractivity contribution in [2.24, 2.45) is 10.8 Å². The fourth-order valence-electron chi connectivity index (χ4n) is 5.08. The van der Waals surface area contributed by atoms with Gasteiger partial charge in [0, 0.05) is 40.8 Å². The number of esters is 1. The van der Waals surface area contributed by atoms with Gasteiger partial charge in [-0.05, 0) is 56.5 Å². The van der Waals surface area contributed by atoms with Crippen LogP contribution in [0.5, 0.6) is 0 Å². The normalized spacial score (nSPS) is 14.0. The first-order chi connectivity index (χ1) is 21.2. The molecule has 1 saturated heterocycles. The zero-order valence-corrected chi connectivity index (χ0v) is 26.8. The van der Waals surface area contributed by atoms with Crippen LogP contribution in [0.15, 0.2) is 67.8 Å². The van der Waals surface area contributed by atoms with Gasteiger partial charge in [0.05, 0.1) is 25.5 Å². The van der Waals surface area contributed by atoms with Gasteiger partial charge in [0.1, 0.15) is 0 Å². The summed E-state index contributed by atoms with van der Waals surface area (Å²) < 4.78 is 4.85. The lowest BCUT2D eigenvalue weighted by molar-refractivity contribution is -0.151. The fourth-order valence-corrected chi connectivity index (χ4v) is 5.55. The van der Waals surface area contributed by atoms with E-state index in [-0.39, 0.29) is 58.0 Å². The van der Waals surface area contributed by atoms with Crippen molar-refractivity contribution in [3.8, 4) is 6.07 Å². The van der Waals surface area contributed by atoms with Crippen LogP contribution in [0, 0.1) is 29.1 Å². The van der Waals surface area contributed by atoms with Crippen LogP contribution in [0.1, 0.15) is 43.7 Å². The number of aliphatic carboxylic acids is 2. The molecule has 0 atom stereocenters. The Morgan fingerprint density at radius 1 is 1.04 bits per heavy atom. The molecule has 0 saturated carbocycles. The van der Waals surface area contributed by atoms with Crippen molar-refractivity contribution in [2.75, 3.05) is 24.6 Å². The molecule has 1 heterocycles. The summed E-state index contributed by atoms with van der Waals surface area (Å²) in [6.45, 7) is 11.0. The Bertz CT molecular complexity index is 1430. The number of hydrogen-bond donors (Lipinski definition) is 2. The molecule has 1 fully saturated rings. The molecule has 0 spiro atoms. The van der Waals surface area contributed by atoms with Crippen molar-refractivity contribution in [2.45, 2.75) is 46.1 Å². The van der Waals surface area contributed by atoms with Crippen molar-refractivity contribution in [3.05, 3.63) is 88.9 Å². The van der Waals surface area contributed by atoms with Crippen LogP contribution in [0.2, 0.25) is 10.0 Å². The van der Waals surface area contributed by atoms with Gasteiger partial charge in [-0.25, -0.2) is 4.79 Å². The zero-order chi connectivity index (χ0) is 33.8. The Morgan fingerprint density at radius 2 is 1.62 bits per heavy atom. The Labute approximate surface area is 273 Å². The molecule has 1 aliphatic heterocycles. The molecule has 0 radical (unpaired) electrons. The summed E-state index contributed by atoms with van der Waals surface area (Å²) in [7, 11) is 0. The minimum Gasteiger partial charge on any atom is -0.481 e. The lowest BCUT2D eigenvalue weighted by Crippen LogP contribution is -2.59. The summed E-state index contributed by atoms with van der Waals surface area (Å²) in [6, 6.07) is 13.7. The topological polar surface area (TPSA) is 148 Å². The number of allylic oxidation sites excluding steroid dienone is 2. The Balaban J connectivity index is 0.000000426. The molecule has 10 nitrogen and oxygen atoms in total. The van der Waals surface area contributed by atoms with Crippen LogP contribution in [0.4, 0.5) is 10.5 Å². The van der Waals surface area contributed by atoms with E-state index in [4.69, 9.17) is 33.2 Å². The van der Waals surface area contributed by atoms with E-state index in [1.54, 1.807) is 49.4 Å². The quantitative estimate of drug-likeness (QED) is 0.175. The number of carboxylic acid groups (broad SMARTS) is 2. The van der Waals surface area contributed by atoms with E-state index in [2.05, 4.69) is 13.2 Å². The molecule has 2 aromatic carbocycles. The van der Waals surface area contributed by atoms with Gasteiger partial charge < -0.3 is 19.8 Å². The molecular formula is C33H37Cl2N3O7. The Hall–Kier alpha value is -4.33. The first kappa shape index (κ1) is 36.9. The lowest BCUT2D eigenvalue weighted by atomic mass is 9.78. The third-order valence-electron chi connectivity index (χ3n) is 7.16. The Kier molecular flexibility index (Phi) is 13.6. The number of aryl methyl sites for hydroxylation is 1. The third-order valence-corrected chi connectivity index (χ3v) is 7.75. The first-order valence-electron chi connectivity index (χ1n) is 14.1. The fraction of sp³-hybridized carbons (Fsp3) is 0.364. The van der Waals surface area contributed by atoms with Crippen molar-refractivity contribution in [1.82, 2.24) is 4.90 Å². The van der Waals surface area contributed by atoms with Gasteiger partial charge in [-0.1, -0.05) is 59.1 Å². The number of urea groups is 1. The number of rotatable bonds is 13. The number of benzene rings is 2. The number of amides is 2. The van der Waals surface area contributed by atoms with Crippen molar-refractivity contribution < 1.29 is 34.1 Å². The molecule has 12 heteroatoms. The highest BCUT2D eigenvalue weighted by molar-refractivity contribution is 6.35. The SMILES string of the molecule is C=CCC(C#N)(CC=C)C(=O)OCC.Cc1ccc(N2CC(CC(=O)O)(CC(=O)O)CN(Cc3ccc(Cl)cc3Cl)C2=O)cc1. The van der Waals surface area contributed by atoms with E-state index >= 15 is 0 Å². The number of carbonyl (C=O) groups is 4. The molecule has 0 aromatic heterocycles. The molecule has 3 rings (SSSR count). The standard InChI is InChI=1S/C22H22Cl2N2O5.C11H15NO2/c1-14-2-6-17(7-3-14)26-13-22(9-19(27)28,10-20(29)30)12-25(21(26)31)11-15-4-5-16(23)8-18(15)24;1-4-7-11(9-12,8-5-2)10(13)14-6-3/h2-8H,9-13H2,1H3,(H,27,28)(H,29,30);4-5H,1-2,6-8H2,3H3. The number of carbonyl (C=O) groups excluding carboxylic acids is 2. The van der Waals surface area contributed by atoms with Gasteiger partial charge in [-0.3, -0.25) is 19.3 Å². The summed E-state index contributed by atoms with van der Waals surface area (Å²) in [6.07, 6.45) is 2.88. The highest BCUT2D eigenvalue weighted by Crippen LogP contribution is 2.37. The van der Waals surface area contributed by atoms with Crippen molar-refractivity contribution >= 4 is 52.8 Å². The molecule has 0 aliphatic carbocycles. The van der Waals surface area contributed by atoms with Gasteiger partial charge in [-0.15, -0.1) is 13.2 Å². The number of halogens is 2. The van der Waals surface area contributed by atoms with E-state index in [0.717, 1.165) is 5.56 Å². The number of hydrogen-bond acceptors (Lipinski definition) is 6. The molecule has 2 N–H and O–H groups in total. The number of anilines is 1. The summed E-state index contributed by atoms with van der Waals surface area (Å²) in [5.41, 5.74) is -0.109. The molecule has 2 aromatic rings. The maximum absolute atomic E-state index is 13.3. The summed E-state index contributed by atoms with van der Waals surface area (Å²) >= 11 is 12.2. The molecule has 0 bridgehead atoms. The average Bonchev–Trinajstić information content (AvgIpc) is 2.96. The molecule has 1 aliphatic rings. The average molecular weight is 659 g/mol. The molecule has 240 valence electrons. The van der Waals surface area contributed by atoms with Gasteiger partial charge in [0.2, 0.25) is 0 Å². The maximum atomic E-state index is 13.3. The van der Waals surface area contributed by atoms with Crippen LogP contribution >= 0.6 is 23.2 Å². The largest absolute Gasteiger partial charge is 0.481 e. The van der Waals surface area contributed by atoms with Gasteiger partial charge in [0.25, 0.3) is 0 Å². The van der Waals surface area contributed by atoms with Crippen LogP contribution < -0.4 is 4.90 Å². The predicted octanol–water partition coefficient (Wildman–Crippen LogP) is 6.89. The van der Waals surface area contributed by atoms with E-state index < -0.39 is 28.7 Å². The molecule has 45 heavy (non-hydrogen) atoms. The number of carboxylic acids is 2. The predicted molar refractivity (Wildman–Crippen MR) is 172 cm³/mol. The van der Waals surface area contributed by atoms with E-state index in [9.17, 15) is 29.4 Å². The molecular weight excluding hydrogens is 621 g/mol. The summed E-state index contributed by atoms with van der Waals surface area (Å²) in [5, 5.41) is 28.8. The second-order valence-electron chi connectivity index (χ2n) is 10.8. The number of nitriles is 1. The summed E-state index contributed by atoms with van der Waals surface area (Å²) in [5.74, 6) is -2.74. The number of ether oxygens (including phenoxy) is 1. The summed E-state index contributed by atoms with van der Waals surface area (Å²) in [4.78, 5) is 51.0. The van der Waals surface area contributed by atoms with Crippen LogP contribution in [-0.4, -0.2) is 58.7 Å². The molecule has 2 amide bonds. The first-order valence-corrected chi connectivity index (χ1v) is 14.8. The lowest BCUT2D eigenvalue weighted by Gasteiger charge is -2.46. The van der Waals surface area contributed by atoms with Crippen LogP contribution in [0.25, 0.3) is 0 Å². The van der Waals surface area contributed by atoms with Gasteiger partial charge >= 0.3 is 23.9 Å². The van der Waals surface area contributed by atoms with Crippen LogP contribution in [0.3, 0.4) is 0 Å². The van der Waals surface area contributed by atoms with E-state index in [1.165, 1.54) is 9.80 Å². The Morgan fingerprint density at radius 3 is 2.09 bits per heavy atom. The second-order valence-corrected chi connectivity index (χ2v) is 11.7. The second kappa shape index (κ2) is 16.7. The van der Waals surface area contributed by atoms with Crippen molar-refractivity contribution in [1.29, 1.82) is 5.26 Å². The van der Waals surface area contributed by atoms with Gasteiger partial charge in [-0.2, -0.15) is 5.26 Å². The van der Waals surface area contributed by atoms with Crippen molar-refractivity contribution in [3.63, 3.8) is 0 Å². The minimum atomic E-state index is -1.17. The smallest absolute Gasteiger partial charge is 0.327 e. The highest BCUT2D eigenvalue weighted by Gasteiger charge is 2.46. The third kappa shape index (κ3) is 10.1. The monoisotopic (exact) mass is 657 g/mol. The van der Waals surface area contributed by atoms with Crippen LogP contribution in [-0.2, 0) is 25.7 Å². The maximum Gasteiger partial charge on any atom is 0.327 e. The molecule has 0 unspecified atom stereocenters. The highest BCUT2D eigenvalue weighted by atomic mass is 35.5. The van der Waals surface area contributed by atoms with E-state index in [1.807, 2.05) is 25.1 Å². The number of nitrogens with zero attached hydrogens (tertiary/aromatic N) is 3.